The van der Waals surface area contributed by atoms with E-state index < -0.39 is 0 Å². The number of aromatic nitrogens is 4. The summed E-state index contributed by atoms with van der Waals surface area (Å²) in [5.74, 6) is 0.838. The van der Waals surface area contributed by atoms with Crippen molar-refractivity contribution in [1.29, 1.82) is 5.26 Å². The summed E-state index contributed by atoms with van der Waals surface area (Å²) in [5, 5.41) is 16.9. The first-order valence-corrected chi connectivity index (χ1v) is 11.6. The number of nitrogens with two attached hydrogens (primary N) is 1. The summed E-state index contributed by atoms with van der Waals surface area (Å²) in [7, 11) is 0. The first-order valence-electron chi connectivity index (χ1n) is 11.6. The quantitative estimate of drug-likeness (QED) is 0.489. The second-order valence-corrected chi connectivity index (χ2v) is 9.34. The average Bonchev–Trinajstić information content (AvgIpc) is 3.43. The number of rotatable bonds is 3. The first-order chi connectivity index (χ1) is 16.6. The topological polar surface area (TPSA) is 108 Å². The van der Waals surface area contributed by atoms with Gasteiger partial charge in [-0.25, -0.2) is 9.97 Å². The monoisotopic (exact) mass is 447 g/mol. The Balaban J connectivity index is 1.23. The Bertz CT molecular complexity index is 1450. The van der Waals surface area contributed by atoms with Gasteiger partial charge in [0.1, 0.15) is 17.0 Å². The summed E-state index contributed by atoms with van der Waals surface area (Å²) >= 11 is 0. The van der Waals surface area contributed by atoms with Crippen LogP contribution < -0.4 is 10.6 Å². The minimum absolute atomic E-state index is 0.0943. The van der Waals surface area contributed by atoms with Crippen LogP contribution in [0.5, 0.6) is 0 Å². The summed E-state index contributed by atoms with van der Waals surface area (Å²) in [4.78, 5) is 11.8. The lowest BCUT2D eigenvalue weighted by Gasteiger charge is -2.42. The van der Waals surface area contributed by atoms with Crippen LogP contribution in [0.15, 0.2) is 61.3 Å². The molecule has 2 aromatic heterocycles. The van der Waals surface area contributed by atoms with Gasteiger partial charge in [-0.15, -0.1) is 0 Å². The molecule has 1 spiro atoms. The van der Waals surface area contributed by atoms with Gasteiger partial charge in [0.2, 0.25) is 0 Å². The molecule has 0 unspecified atom stereocenters. The number of fused-ring (bicyclic) bond motifs is 2. The molecule has 34 heavy (non-hydrogen) atoms. The minimum Gasteiger partial charge on any atom is -0.355 e. The zero-order valence-corrected chi connectivity index (χ0v) is 18.8. The third kappa shape index (κ3) is 3.11. The van der Waals surface area contributed by atoms with Crippen molar-refractivity contribution in [1.82, 2.24) is 20.2 Å². The number of nitriles is 1. The van der Waals surface area contributed by atoms with Crippen molar-refractivity contribution in [3.05, 3.63) is 89.3 Å². The molecule has 6 rings (SSSR count). The van der Waals surface area contributed by atoms with Crippen LogP contribution in [0.2, 0.25) is 0 Å². The Morgan fingerprint density at radius 3 is 2.71 bits per heavy atom. The summed E-state index contributed by atoms with van der Waals surface area (Å²) < 4.78 is 0. The molecule has 0 saturated carbocycles. The van der Waals surface area contributed by atoms with Crippen molar-refractivity contribution in [3.8, 4) is 6.07 Å². The smallest absolute Gasteiger partial charge is 0.177 e. The van der Waals surface area contributed by atoms with Gasteiger partial charge in [-0.2, -0.15) is 10.4 Å². The molecule has 0 bridgehead atoms. The SMILES string of the molecule is C=C(c1ccccc1C#N)c1n[nH]c2nc(N3CCC4(CC3)Cc3ccccc3[C@H]4N)cnc12. The number of hydrogen-bond acceptors (Lipinski definition) is 6. The molecular weight excluding hydrogens is 422 g/mol. The number of benzene rings is 2. The Morgan fingerprint density at radius 2 is 1.91 bits per heavy atom. The Morgan fingerprint density at radius 1 is 1.15 bits per heavy atom. The van der Waals surface area contributed by atoms with Crippen LogP contribution in [0.4, 0.5) is 5.82 Å². The molecule has 3 heterocycles. The van der Waals surface area contributed by atoms with Crippen LogP contribution in [0, 0.1) is 16.7 Å². The highest BCUT2D eigenvalue weighted by Gasteiger charge is 2.45. The van der Waals surface area contributed by atoms with E-state index in [1.165, 1.54) is 11.1 Å². The summed E-state index contributed by atoms with van der Waals surface area (Å²) in [5.41, 5.74) is 13.4. The van der Waals surface area contributed by atoms with Gasteiger partial charge in [-0.3, -0.25) is 5.10 Å². The van der Waals surface area contributed by atoms with E-state index in [-0.39, 0.29) is 11.5 Å². The van der Waals surface area contributed by atoms with Crippen molar-refractivity contribution < 1.29 is 0 Å². The summed E-state index contributed by atoms with van der Waals surface area (Å²) in [6.07, 6.45) is 4.92. The van der Waals surface area contributed by atoms with Crippen LogP contribution in [-0.2, 0) is 6.42 Å². The highest BCUT2D eigenvalue weighted by molar-refractivity contribution is 5.91. The van der Waals surface area contributed by atoms with Gasteiger partial charge >= 0.3 is 0 Å². The third-order valence-corrected chi connectivity index (χ3v) is 7.59. The highest BCUT2D eigenvalue weighted by Crippen LogP contribution is 2.50. The fourth-order valence-corrected chi connectivity index (χ4v) is 5.61. The second kappa shape index (κ2) is 7.79. The maximum Gasteiger partial charge on any atom is 0.177 e. The molecule has 4 aromatic rings. The van der Waals surface area contributed by atoms with E-state index in [2.05, 4.69) is 57.0 Å². The Labute approximate surface area is 198 Å². The molecule has 168 valence electrons. The van der Waals surface area contributed by atoms with Crippen LogP contribution in [0.1, 0.15) is 46.8 Å². The summed E-state index contributed by atoms with van der Waals surface area (Å²) in [6.45, 7) is 5.97. The zero-order valence-electron chi connectivity index (χ0n) is 18.8. The number of nitrogens with zero attached hydrogens (tertiary/aromatic N) is 5. The zero-order chi connectivity index (χ0) is 23.3. The van der Waals surface area contributed by atoms with E-state index in [0.717, 1.165) is 43.7 Å². The third-order valence-electron chi connectivity index (χ3n) is 7.59. The Hall–Kier alpha value is -4.02. The van der Waals surface area contributed by atoms with Crippen molar-refractivity contribution in [2.45, 2.75) is 25.3 Å². The maximum atomic E-state index is 9.44. The van der Waals surface area contributed by atoms with Gasteiger partial charge in [0.05, 0.1) is 17.8 Å². The van der Waals surface area contributed by atoms with Gasteiger partial charge in [0, 0.05) is 30.3 Å². The molecule has 2 aliphatic rings. The van der Waals surface area contributed by atoms with E-state index in [4.69, 9.17) is 10.7 Å². The van der Waals surface area contributed by atoms with Crippen molar-refractivity contribution in [2.24, 2.45) is 11.1 Å². The number of anilines is 1. The normalized spacial score (nSPS) is 18.7. The van der Waals surface area contributed by atoms with Gasteiger partial charge in [-0.05, 0) is 41.9 Å². The minimum atomic E-state index is 0.0943. The molecule has 7 nitrogen and oxygen atoms in total. The molecule has 1 atom stereocenters. The number of piperidine rings is 1. The number of hydrogen-bond donors (Lipinski definition) is 2. The molecular formula is C27H25N7. The molecule has 7 heteroatoms. The number of H-pyrrole nitrogens is 1. The standard InChI is InChI=1S/C27H25N7/c1-17(20-8-4-3-7-19(20)15-28)23-24-26(33-32-23)31-22(16-30-24)34-12-10-27(11-13-34)14-18-6-2-5-9-21(18)25(27)29/h2-9,16,25H,1,10-14,29H2,(H,31,32,33)/t25-/m1/s1. The second-order valence-electron chi connectivity index (χ2n) is 9.34. The predicted molar refractivity (Wildman–Crippen MR) is 132 cm³/mol. The van der Waals surface area contributed by atoms with Crippen LogP contribution >= 0.6 is 0 Å². The fraction of sp³-hybridized carbons (Fsp3) is 0.259. The molecule has 0 amide bonds. The maximum absolute atomic E-state index is 9.44. The average molecular weight is 448 g/mol. The Kier molecular flexibility index (Phi) is 4.71. The van der Waals surface area contributed by atoms with E-state index in [9.17, 15) is 5.26 Å². The molecule has 3 N–H and O–H groups in total. The number of nitrogens with one attached hydrogen (secondary N) is 1. The molecule has 1 aliphatic heterocycles. The van der Waals surface area contributed by atoms with E-state index >= 15 is 0 Å². The fourth-order valence-electron chi connectivity index (χ4n) is 5.61. The first kappa shape index (κ1) is 20.6. The molecule has 0 radical (unpaired) electrons. The van der Waals surface area contributed by atoms with Crippen molar-refractivity contribution in [3.63, 3.8) is 0 Å². The molecule has 1 fully saturated rings. The lowest BCUT2D eigenvalue weighted by Crippen LogP contribution is -2.44. The predicted octanol–water partition coefficient (Wildman–Crippen LogP) is 4.13. The molecule has 1 saturated heterocycles. The van der Waals surface area contributed by atoms with Crippen LogP contribution in [0.25, 0.3) is 16.7 Å². The van der Waals surface area contributed by atoms with Gasteiger partial charge in [0.15, 0.2) is 5.65 Å². The van der Waals surface area contributed by atoms with Crippen LogP contribution in [-0.4, -0.2) is 33.3 Å². The van der Waals surface area contributed by atoms with E-state index in [1.54, 1.807) is 6.07 Å². The largest absolute Gasteiger partial charge is 0.355 e. The van der Waals surface area contributed by atoms with Gasteiger partial charge in [0.25, 0.3) is 0 Å². The molecule has 1 aliphatic carbocycles. The van der Waals surface area contributed by atoms with Crippen molar-refractivity contribution >= 4 is 22.6 Å². The summed E-state index contributed by atoms with van der Waals surface area (Å²) in [6, 6.07) is 18.3. The van der Waals surface area contributed by atoms with E-state index in [0.29, 0.717) is 28.0 Å². The van der Waals surface area contributed by atoms with Crippen molar-refractivity contribution in [2.75, 3.05) is 18.0 Å². The van der Waals surface area contributed by atoms with Crippen LogP contribution in [0.3, 0.4) is 0 Å². The number of aromatic amines is 1. The molecule has 2 aromatic carbocycles. The van der Waals surface area contributed by atoms with Gasteiger partial charge < -0.3 is 10.6 Å². The lowest BCUT2D eigenvalue weighted by molar-refractivity contribution is 0.187. The van der Waals surface area contributed by atoms with E-state index in [1.807, 2.05) is 24.4 Å². The highest BCUT2D eigenvalue weighted by atomic mass is 15.2. The lowest BCUT2D eigenvalue weighted by atomic mass is 9.73. The van der Waals surface area contributed by atoms with Gasteiger partial charge in [-0.1, -0.05) is 49.0 Å².